The van der Waals surface area contributed by atoms with Gasteiger partial charge in [-0.15, -0.1) is 0 Å². The minimum absolute atomic E-state index is 0.0779. The summed E-state index contributed by atoms with van der Waals surface area (Å²) in [5, 5.41) is 6.87. The molecule has 134 valence electrons. The number of hydrogen-bond donors (Lipinski definition) is 2. The van der Waals surface area contributed by atoms with Crippen molar-refractivity contribution >= 4 is 11.7 Å². The molecule has 0 saturated heterocycles. The SMILES string of the molecule is CC(=O)c1[nH]c(C)c(C(=O)NCCc2noc(C3CCCC3)n2)c1C. The largest absolute Gasteiger partial charge is 0.355 e. The fourth-order valence-corrected chi connectivity index (χ4v) is 3.53. The number of carbonyl (C=O) groups is 2. The van der Waals surface area contributed by atoms with E-state index in [2.05, 4.69) is 20.4 Å². The highest BCUT2D eigenvalue weighted by Crippen LogP contribution is 2.32. The maximum absolute atomic E-state index is 12.4. The Hall–Kier alpha value is -2.44. The molecule has 2 aromatic rings. The molecule has 2 N–H and O–H groups in total. The first-order chi connectivity index (χ1) is 12.0. The van der Waals surface area contributed by atoms with Crippen molar-refractivity contribution in [1.82, 2.24) is 20.4 Å². The van der Waals surface area contributed by atoms with Crippen LogP contribution in [0.5, 0.6) is 0 Å². The van der Waals surface area contributed by atoms with Gasteiger partial charge in [0.2, 0.25) is 5.89 Å². The lowest BCUT2D eigenvalue weighted by Crippen LogP contribution is -2.26. The number of H-pyrrole nitrogens is 1. The molecule has 0 aromatic carbocycles. The van der Waals surface area contributed by atoms with Crippen LogP contribution in [0.3, 0.4) is 0 Å². The van der Waals surface area contributed by atoms with Crippen LogP contribution in [-0.4, -0.2) is 33.4 Å². The van der Waals surface area contributed by atoms with Crippen molar-refractivity contribution in [3.63, 3.8) is 0 Å². The summed E-state index contributed by atoms with van der Waals surface area (Å²) in [6, 6.07) is 0. The zero-order valence-electron chi connectivity index (χ0n) is 14.9. The lowest BCUT2D eigenvalue weighted by Gasteiger charge is -2.04. The molecule has 1 saturated carbocycles. The quantitative estimate of drug-likeness (QED) is 0.785. The van der Waals surface area contributed by atoms with Gasteiger partial charge in [0, 0.05) is 31.5 Å². The lowest BCUT2D eigenvalue weighted by molar-refractivity contribution is 0.0952. The van der Waals surface area contributed by atoms with E-state index in [-0.39, 0.29) is 11.7 Å². The van der Waals surface area contributed by atoms with Crippen LogP contribution in [0, 0.1) is 13.8 Å². The molecule has 0 spiro atoms. The van der Waals surface area contributed by atoms with E-state index in [1.165, 1.54) is 19.8 Å². The number of aromatic amines is 1. The number of ketones is 1. The second-order valence-corrected chi connectivity index (χ2v) is 6.72. The molecule has 7 nitrogen and oxygen atoms in total. The van der Waals surface area contributed by atoms with Gasteiger partial charge in [0.05, 0.1) is 11.3 Å². The second kappa shape index (κ2) is 7.21. The molecule has 3 rings (SSSR count). The summed E-state index contributed by atoms with van der Waals surface area (Å²) in [5.41, 5.74) is 2.40. The van der Waals surface area contributed by atoms with Crippen LogP contribution in [0.15, 0.2) is 4.52 Å². The second-order valence-electron chi connectivity index (χ2n) is 6.72. The van der Waals surface area contributed by atoms with Gasteiger partial charge in [0.1, 0.15) is 0 Å². The van der Waals surface area contributed by atoms with Crippen molar-refractivity contribution < 1.29 is 14.1 Å². The Bertz CT molecular complexity index is 784. The first-order valence-electron chi connectivity index (χ1n) is 8.78. The Balaban J connectivity index is 1.57. The number of Topliss-reactive ketones (excluding diaryl/α,β-unsaturated/α-hetero) is 1. The van der Waals surface area contributed by atoms with Gasteiger partial charge >= 0.3 is 0 Å². The van der Waals surface area contributed by atoms with Gasteiger partial charge in [-0.2, -0.15) is 4.98 Å². The van der Waals surface area contributed by atoms with Gasteiger partial charge < -0.3 is 14.8 Å². The molecule has 0 atom stereocenters. The van der Waals surface area contributed by atoms with Gasteiger partial charge in [-0.1, -0.05) is 18.0 Å². The highest BCUT2D eigenvalue weighted by molar-refractivity contribution is 6.02. The van der Waals surface area contributed by atoms with Crippen LogP contribution in [0.4, 0.5) is 0 Å². The minimum Gasteiger partial charge on any atom is -0.355 e. The van der Waals surface area contributed by atoms with E-state index in [4.69, 9.17) is 4.52 Å². The molecule has 0 radical (unpaired) electrons. The predicted octanol–water partition coefficient (Wildman–Crippen LogP) is 2.85. The molecule has 2 aromatic heterocycles. The standard InChI is InChI=1S/C18H24N4O3/c1-10-15(11(2)20-16(10)12(3)23)17(24)19-9-8-14-21-18(25-22-14)13-6-4-5-7-13/h13,20H,4-9H2,1-3H3,(H,19,24). The Kier molecular flexibility index (Phi) is 5.01. The molecule has 2 heterocycles. The van der Waals surface area contributed by atoms with Crippen molar-refractivity contribution in [1.29, 1.82) is 0 Å². The van der Waals surface area contributed by atoms with Gasteiger partial charge in [-0.25, -0.2) is 0 Å². The van der Waals surface area contributed by atoms with Crippen molar-refractivity contribution in [2.45, 2.75) is 58.8 Å². The number of nitrogens with zero attached hydrogens (tertiary/aromatic N) is 2. The van der Waals surface area contributed by atoms with Gasteiger partial charge in [0.25, 0.3) is 5.91 Å². The molecule has 1 fully saturated rings. The van der Waals surface area contributed by atoms with Crippen LogP contribution >= 0.6 is 0 Å². The number of rotatable bonds is 6. The predicted molar refractivity (Wildman–Crippen MR) is 91.8 cm³/mol. The molecule has 0 unspecified atom stereocenters. The summed E-state index contributed by atoms with van der Waals surface area (Å²) in [7, 11) is 0. The number of aryl methyl sites for hydroxylation is 1. The van der Waals surface area contributed by atoms with E-state index in [0.717, 1.165) is 18.7 Å². The third-order valence-corrected chi connectivity index (χ3v) is 4.84. The first kappa shape index (κ1) is 17.4. The van der Waals surface area contributed by atoms with E-state index in [1.807, 2.05) is 0 Å². The molecular formula is C18H24N4O3. The first-order valence-corrected chi connectivity index (χ1v) is 8.78. The normalized spacial score (nSPS) is 14.8. The topological polar surface area (TPSA) is 101 Å². The molecule has 1 aliphatic carbocycles. The van der Waals surface area contributed by atoms with Crippen LogP contribution in [0.2, 0.25) is 0 Å². The Morgan fingerprint density at radius 1 is 1.28 bits per heavy atom. The zero-order valence-corrected chi connectivity index (χ0v) is 14.9. The number of nitrogens with one attached hydrogen (secondary N) is 2. The Morgan fingerprint density at radius 3 is 2.64 bits per heavy atom. The van der Waals surface area contributed by atoms with Crippen molar-refractivity contribution in [2.24, 2.45) is 0 Å². The molecule has 25 heavy (non-hydrogen) atoms. The summed E-state index contributed by atoms with van der Waals surface area (Å²) >= 11 is 0. The van der Waals surface area contributed by atoms with Crippen LogP contribution in [0.1, 0.15) is 82.3 Å². The number of carbonyl (C=O) groups excluding carboxylic acids is 2. The zero-order chi connectivity index (χ0) is 18.0. The van der Waals surface area contributed by atoms with Crippen molar-refractivity contribution in [3.8, 4) is 0 Å². The molecule has 1 amide bonds. The summed E-state index contributed by atoms with van der Waals surface area (Å²) in [6.45, 7) is 5.48. The molecular weight excluding hydrogens is 320 g/mol. The van der Waals surface area contributed by atoms with Crippen LogP contribution in [-0.2, 0) is 6.42 Å². The smallest absolute Gasteiger partial charge is 0.253 e. The molecule has 0 bridgehead atoms. The third-order valence-electron chi connectivity index (χ3n) is 4.84. The van der Waals surface area contributed by atoms with Crippen molar-refractivity contribution in [3.05, 3.63) is 34.2 Å². The third kappa shape index (κ3) is 3.65. The maximum atomic E-state index is 12.4. The summed E-state index contributed by atoms with van der Waals surface area (Å²) in [6.07, 6.45) is 5.18. The van der Waals surface area contributed by atoms with Gasteiger partial charge in [-0.05, 0) is 32.3 Å². The van der Waals surface area contributed by atoms with Gasteiger partial charge in [0.15, 0.2) is 11.6 Å². The molecule has 0 aliphatic heterocycles. The Labute approximate surface area is 146 Å². The summed E-state index contributed by atoms with van der Waals surface area (Å²) in [5.74, 6) is 1.46. The molecule has 1 aliphatic rings. The van der Waals surface area contributed by atoms with E-state index in [1.54, 1.807) is 13.8 Å². The van der Waals surface area contributed by atoms with Crippen LogP contribution < -0.4 is 5.32 Å². The van der Waals surface area contributed by atoms with E-state index in [0.29, 0.717) is 47.2 Å². The summed E-state index contributed by atoms with van der Waals surface area (Å²) in [4.78, 5) is 31.4. The fourth-order valence-electron chi connectivity index (χ4n) is 3.53. The maximum Gasteiger partial charge on any atom is 0.253 e. The minimum atomic E-state index is -0.196. The monoisotopic (exact) mass is 344 g/mol. The molecule has 7 heteroatoms. The Morgan fingerprint density at radius 2 is 2.00 bits per heavy atom. The van der Waals surface area contributed by atoms with Crippen molar-refractivity contribution in [2.75, 3.05) is 6.54 Å². The van der Waals surface area contributed by atoms with Gasteiger partial charge in [-0.3, -0.25) is 9.59 Å². The average Bonchev–Trinajstić information content (AvgIpc) is 3.27. The highest BCUT2D eigenvalue weighted by atomic mass is 16.5. The average molecular weight is 344 g/mol. The lowest BCUT2D eigenvalue weighted by atomic mass is 10.1. The number of amides is 1. The highest BCUT2D eigenvalue weighted by Gasteiger charge is 2.23. The van der Waals surface area contributed by atoms with E-state index in [9.17, 15) is 9.59 Å². The fraction of sp³-hybridized carbons (Fsp3) is 0.556. The van der Waals surface area contributed by atoms with E-state index >= 15 is 0 Å². The number of hydrogen-bond acceptors (Lipinski definition) is 5. The van der Waals surface area contributed by atoms with E-state index < -0.39 is 0 Å². The summed E-state index contributed by atoms with van der Waals surface area (Å²) < 4.78 is 5.34. The van der Waals surface area contributed by atoms with Crippen LogP contribution in [0.25, 0.3) is 0 Å². The number of aromatic nitrogens is 3.